The van der Waals surface area contributed by atoms with E-state index in [1.54, 1.807) is 13.8 Å². The molecule has 0 fully saturated rings. The Bertz CT molecular complexity index is 551. The number of hydrogen-bond acceptors (Lipinski definition) is 1. The van der Waals surface area contributed by atoms with Gasteiger partial charge in [0.25, 0.3) is 0 Å². The van der Waals surface area contributed by atoms with E-state index < -0.39 is 11.6 Å². The van der Waals surface area contributed by atoms with Gasteiger partial charge in [0.15, 0.2) is 5.83 Å². The van der Waals surface area contributed by atoms with Gasteiger partial charge in [0.2, 0.25) is 5.79 Å². The van der Waals surface area contributed by atoms with Gasteiger partial charge in [-0.25, -0.2) is 13.2 Å². The van der Waals surface area contributed by atoms with Crippen LogP contribution in [0.15, 0.2) is 11.9 Å². The molecule has 0 aliphatic carbocycles. The van der Waals surface area contributed by atoms with E-state index in [4.69, 9.17) is 0 Å². The van der Waals surface area contributed by atoms with Crippen LogP contribution in [0.1, 0.15) is 50.3 Å². The van der Waals surface area contributed by atoms with Crippen molar-refractivity contribution in [2.24, 2.45) is 0 Å². The molecule has 1 heterocycles. The molecule has 1 aliphatic rings. The minimum atomic E-state index is -2.18. The first kappa shape index (κ1) is 14.9. The average molecular weight is 283 g/mol. The normalized spacial score (nSPS) is 21.2. The molecular formula is C16H20F3N. The zero-order valence-electron chi connectivity index (χ0n) is 12.1. The van der Waals surface area contributed by atoms with Crippen molar-refractivity contribution in [2.75, 3.05) is 5.32 Å². The third-order valence-electron chi connectivity index (χ3n) is 3.84. The summed E-state index contributed by atoms with van der Waals surface area (Å²) in [5.41, 5.74) is 2.13. The van der Waals surface area contributed by atoms with Crippen LogP contribution in [0, 0.1) is 5.82 Å². The molecular weight excluding hydrogens is 263 g/mol. The number of benzene rings is 1. The molecule has 0 spiro atoms. The first-order valence-corrected chi connectivity index (χ1v) is 7.15. The SMILES string of the molecule is CCCc1cc(F)c(CC)c2c1NC(F)(CC)C(F)=C2. The molecule has 0 radical (unpaired) electrons. The fraction of sp³-hybridized carbons (Fsp3) is 0.500. The average Bonchev–Trinajstić information content (AvgIpc) is 2.42. The second-order valence-electron chi connectivity index (χ2n) is 5.16. The molecule has 20 heavy (non-hydrogen) atoms. The van der Waals surface area contributed by atoms with Gasteiger partial charge in [-0.3, -0.25) is 0 Å². The van der Waals surface area contributed by atoms with Crippen molar-refractivity contribution in [3.8, 4) is 0 Å². The van der Waals surface area contributed by atoms with Crippen molar-refractivity contribution in [3.63, 3.8) is 0 Å². The van der Waals surface area contributed by atoms with Gasteiger partial charge in [-0.15, -0.1) is 0 Å². The van der Waals surface area contributed by atoms with Crippen LogP contribution in [-0.2, 0) is 12.8 Å². The van der Waals surface area contributed by atoms with Crippen molar-refractivity contribution >= 4 is 11.8 Å². The molecule has 0 saturated carbocycles. The maximum Gasteiger partial charge on any atom is 0.232 e. The highest BCUT2D eigenvalue weighted by Gasteiger charge is 2.38. The minimum absolute atomic E-state index is 0.0147. The van der Waals surface area contributed by atoms with Crippen LogP contribution in [0.4, 0.5) is 18.9 Å². The molecule has 4 heteroatoms. The van der Waals surface area contributed by atoms with E-state index >= 15 is 0 Å². The zero-order valence-corrected chi connectivity index (χ0v) is 12.1. The Labute approximate surface area is 117 Å². The predicted molar refractivity (Wildman–Crippen MR) is 76.6 cm³/mol. The van der Waals surface area contributed by atoms with Gasteiger partial charge in [-0.1, -0.05) is 27.2 Å². The lowest BCUT2D eigenvalue weighted by molar-refractivity contribution is 0.203. The van der Waals surface area contributed by atoms with Crippen molar-refractivity contribution in [1.29, 1.82) is 0 Å². The number of hydrogen-bond donors (Lipinski definition) is 1. The highest BCUT2D eigenvalue weighted by molar-refractivity contribution is 5.78. The number of halogens is 3. The van der Waals surface area contributed by atoms with Gasteiger partial charge in [0.1, 0.15) is 5.82 Å². The maximum absolute atomic E-state index is 14.5. The summed E-state index contributed by atoms with van der Waals surface area (Å²) in [6.07, 6.45) is 3.02. The molecule has 110 valence electrons. The van der Waals surface area contributed by atoms with Crippen molar-refractivity contribution in [1.82, 2.24) is 0 Å². The number of aryl methyl sites for hydroxylation is 1. The van der Waals surface area contributed by atoms with Gasteiger partial charge < -0.3 is 5.32 Å². The lowest BCUT2D eigenvalue weighted by Crippen LogP contribution is -2.36. The quantitative estimate of drug-likeness (QED) is 0.753. The third kappa shape index (κ3) is 2.32. The fourth-order valence-corrected chi connectivity index (χ4v) is 2.65. The molecule has 0 saturated heterocycles. The first-order valence-electron chi connectivity index (χ1n) is 7.15. The number of rotatable bonds is 4. The van der Waals surface area contributed by atoms with Gasteiger partial charge in [-0.2, -0.15) is 0 Å². The maximum atomic E-state index is 14.5. The van der Waals surface area contributed by atoms with E-state index in [1.807, 2.05) is 6.92 Å². The second kappa shape index (κ2) is 5.51. The number of nitrogens with one attached hydrogen (secondary N) is 1. The Hall–Kier alpha value is -1.45. The van der Waals surface area contributed by atoms with Crippen molar-refractivity contribution in [2.45, 2.75) is 52.2 Å². The highest BCUT2D eigenvalue weighted by atomic mass is 19.2. The van der Waals surface area contributed by atoms with Crippen LogP contribution >= 0.6 is 0 Å². The zero-order chi connectivity index (χ0) is 14.9. The molecule has 1 aliphatic heterocycles. The van der Waals surface area contributed by atoms with E-state index in [1.165, 1.54) is 6.07 Å². The van der Waals surface area contributed by atoms with Gasteiger partial charge in [0, 0.05) is 17.7 Å². The van der Waals surface area contributed by atoms with Crippen LogP contribution in [0.2, 0.25) is 0 Å². The lowest BCUT2D eigenvalue weighted by atomic mass is 9.91. The molecule has 1 N–H and O–H groups in total. The van der Waals surface area contributed by atoms with E-state index in [2.05, 4.69) is 5.32 Å². The lowest BCUT2D eigenvalue weighted by Gasteiger charge is -2.32. The summed E-state index contributed by atoms with van der Waals surface area (Å²) in [5, 5.41) is 2.65. The van der Waals surface area contributed by atoms with E-state index in [0.717, 1.165) is 12.5 Å². The molecule has 1 unspecified atom stereocenters. The fourth-order valence-electron chi connectivity index (χ4n) is 2.65. The Morgan fingerprint density at radius 1 is 1.20 bits per heavy atom. The molecule has 0 bridgehead atoms. The molecule has 0 amide bonds. The monoisotopic (exact) mass is 283 g/mol. The minimum Gasteiger partial charge on any atom is -0.347 e. The smallest absolute Gasteiger partial charge is 0.232 e. The van der Waals surface area contributed by atoms with Crippen LogP contribution < -0.4 is 5.32 Å². The van der Waals surface area contributed by atoms with E-state index in [9.17, 15) is 13.2 Å². The topological polar surface area (TPSA) is 12.0 Å². The van der Waals surface area contributed by atoms with Crippen LogP contribution in [0.5, 0.6) is 0 Å². The summed E-state index contributed by atoms with van der Waals surface area (Å²) in [7, 11) is 0. The summed E-state index contributed by atoms with van der Waals surface area (Å²) >= 11 is 0. The summed E-state index contributed by atoms with van der Waals surface area (Å²) in [6, 6.07) is 1.45. The molecule has 2 rings (SSSR count). The van der Waals surface area contributed by atoms with Crippen LogP contribution in [-0.4, -0.2) is 5.79 Å². The van der Waals surface area contributed by atoms with Crippen LogP contribution in [0.25, 0.3) is 6.08 Å². The summed E-state index contributed by atoms with van der Waals surface area (Å²) in [5.74, 6) is -3.41. The standard InChI is InChI=1S/C16H20F3N/c1-4-7-10-8-13(17)11(5-2)12-9-14(18)16(19,6-3)20-15(10)12/h8-9,20H,4-7H2,1-3H3. The van der Waals surface area contributed by atoms with Crippen molar-refractivity contribution in [3.05, 3.63) is 34.4 Å². The Morgan fingerprint density at radius 2 is 1.90 bits per heavy atom. The van der Waals surface area contributed by atoms with Gasteiger partial charge >= 0.3 is 0 Å². The van der Waals surface area contributed by atoms with Crippen LogP contribution in [0.3, 0.4) is 0 Å². The van der Waals surface area contributed by atoms with Crippen molar-refractivity contribution < 1.29 is 13.2 Å². The molecule has 1 aromatic rings. The van der Waals surface area contributed by atoms with E-state index in [-0.39, 0.29) is 12.2 Å². The highest BCUT2D eigenvalue weighted by Crippen LogP contribution is 2.41. The van der Waals surface area contributed by atoms with Gasteiger partial charge in [0.05, 0.1) is 0 Å². The molecule has 0 aromatic heterocycles. The Kier molecular flexibility index (Phi) is 4.11. The summed E-state index contributed by atoms with van der Waals surface area (Å²) in [4.78, 5) is 0. The summed E-state index contributed by atoms with van der Waals surface area (Å²) in [6.45, 7) is 5.36. The molecule has 1 nitrogen and oxygen atoms in total. The number of fused-ring (bicyclic) bond motifs is 1. The number of anilines is 1. The molecule has 1 aromatic carbocycles. The Morgan fingerprint density at radius 3 is 2.45 bits per heavy atom. The van der Waals surface area contributed by atoms with Gasteiger partial charge in [-0.05, 0) is 36.1 Å². The number of alkyl halides is 1. The third-order valence-corrected chi connectivity index (χ3v) is 3.84. The predicted octanol–water partition coefficient (Wildman–Crippen LogP) is 5.15. The second-order valence-corrected chi connectivity index (χ2v) is 5.16. The summed E-state index contributed by atoms with van der Waals surface area (Å²) < 4.78 is 42.6. The first-order chi connectivity index (χ1) is 9.46. The molecule has 1 atom stereocenters. The van der Waals surface area contributed by atoms with E-state index in [0.29, 0.717) is 35.2 Å². The largest absolute Gasteiger partial charge is 0.347 e. The Balaban J connectivity index is 2.67.